The number of carbonyl (C=O) groups is 2. The molecule has 0 aliphatic rings. The van der Waals surface area contributed by atoms with E-state index in [9.17, 15) is 18.0 Å². The molecule has 8 nitrogen and oxygen atoms in total. The maximum Gasteiger partial charge on any atom is 0.279 e. The van der Waals surface area contributed by atoms with Crippen molar-refractivity contribution in [2.75, 3.05) is 38.5 Å². The summed E-state index contributed by atoms with van der Waals surface area (Å²) < 4.78 is 26.6. The third-order valence-electron chi connectivity index (χ3n) is 3.90. The largest absolute Gasteiger partial charge is 0.347 e. The first-order valence-corrected chi connectivity index (χ1v) is 10.9. The zero-order valence-corrected chi connectivity index (χ0v) is 18.4. The lowest BCUT2D eigenvalue weighted by molar-refractivity contribution is -0.862. The normalized spacial score (nSPS) is 13.2. The van der Waals surface area contributed by atoms with Gasteiger partial charge < -0.3 is 15.5 Å². The molecule has 2 amide bonds. The van der Waals surface area contributed by atoms with Crippen molar-refractivity contribution in [3.8, 4) is 0 Å². The van der Waals surface area contributed by atoms with Gasteiger partial charge in [-0.05, 0) is 39.0 Å². The highest BCUT2D eigenvalue weighted by Crippen LogP contribution is 2.19. The minimum absolute atomic E-state index is 0.0879. The van der Waals surface area contributed by atoms with Crippen molar-refractivity contribution in [2.45, 2.75) is 45.1 Å². The molecule has 0 heterocycles. The lowest BCUT2D eigenvalue weighted by atomic mass is 10.1. The monoisotopic (exact) mass is 413 g/mol. The fourth-order valence-electron chi connectivity index (χ4n) is 2.73. The van der Waals surface area contributed by atoms with Gasteiger partial charge in [0, 0.05) is 24.3 Å². The standard InChI is InChI=1S/C19H32N4O4S/c1-7-23(8-2)28(26,27)16-11-9-10-15(12-16)20-17(24)13-22(6)14-18(25)21-19(3,4)5/h9-12H,7-8,13-14H2,1-6H3,(H,20,24)(H,21,25)/p+1. The highest BCUT2D eigenvalue weighted by Gasteiger charge is 2.22. The lowest BCUT2D eigenvalue weighted by Crippen LogP contribution is -3.11. The van der Waals surface area contributed by atoms with Crippen molar-refractivity contribution in [1.29, 1.82) is 0 Å². The van der Waals surface area contributed by atoms with Crippen LogP contribution in [0.5, 0.6) is 0 Å². The van der Waals surface area contributed by atoms with E-state index in [1.54, 1.807) is 33.0 Å². The molecule has 1 rings (SSSR count). The second kappa shape index (κ2) is 9.99. The number of amides is 2. The molecule has 3 N–H and O–H groups in total. The molecule has 0 saturated heterocycles. The molecule has 0 aliphatic heterocycles. The first-order chi connectivity index (χ1) is 12.9. The van der Waals surface area contributed by atoms with Gasteiger partial charge in [-0.3, -0.25) is 9.59 Å². The molecule has 158 valence electrons. The summed E-state index contributed by atoms with van der Waals surface area (Å²) >= 11 is 0. The number of hydrogen-bond acceptors (Lipinski definition) is 4. The molecule has 0 saturated carbocycles. The number of likely N-dealkylation sites (N-methyl/N-ethyl adjacent to an activating group) is 1. The topological polar surface area (TPSA) is 100 Å². The molecule has 1 aromatic carbocycles. The van der Waals surface area contributed by atoms with Crippen LogP contribution >= 0.6 is 0 Å². The number of sulfonamides is 1. The van der Waals surface area contributed by atoms with Gasteiger partial charge in [-0.25, -0.2) is 8.42 Å². The van der Waals surface area contributed by atoms with Gasteiger partial charge in [-0.15, -0.1) is 0 Å². The Morgan fingerprint density at radius 1 is 1.07 bits per heavy atom. The highest BCUT2D eigenvalue weighted by atomic mass is 32.2. The van der Waals surface area contributed by atoms with E-state index in [2.05, 4.69) is 10.6 Å². The Labute approximate surface area is 168 Å². The molecular weight excluding hydrogens is 380 g/mol. The molecule has 0 bridgehead atoms. The average molecular weight is 414 g/mol. The molecule has 1 unspecified atom stereocenters. The fraction of sp³-hybridized carbons (Fsp3) is 0.579. The summed E-state index contributed by atoms with van der Waals surface area (Å²) in [5.74, 6) is -0.427. The van der Waals surface area contributed by atoms with Gasteiger partial charge in [0.1, 0.15) is 0 Å². The number of carbonyl (C=O) groups excluding carboxylic acids is 2. The van der Waals surface area contributed by atoms with Crippen LogP contribution in [0.4, 0.5) is 5.69 Å². The van der Waals surface area contributed by atoms with Crippen molar-refractivity contribution in [3.63, 3.8) is 0 Å². The van der Waals surface area contributed by atoms with E-state index in [1.165, 1.54) is 16.4 Å². The summed E-state index contributed by atoms with van der Waals surface area (Å²) in [6.45, 7) is 10.2. The van der Waals surface area contributed by atoms with Crippen LogP contribution in [0.1, 0.15) is 34.6 Å². The molecule has 9 heteroatoms. The Morgan fingerprint density at radius 2 is 1.64 bits per heavy atom. The molecule has 0 aliphatic carbocycles. The van der Waals surface area contributed by atoms with Crippen LogP contribution < -0.4 is 15.5 Å². The fourth-order valence-corrected chi connectivity index (χ4v) is 4.23. The number of benzene rings is 1. The summed E-state index contributed by atoms with van der Waals surface area (Å²) in [5.41, 5.74) is 0.0846. The average Bonchev–Trinajstić information content (AvgIpc) is 2.53. The minimum atomic E-state index is -3.59. The first-order valence-electron chi connectivity index (χ1n) is 9.41. The molecule has 1 aromatic rings. The van der Waals surface area contributed by atoms with E-state index in [0.717, 1.165) is 4.90 Å². The van der Waals surface area contributed by atoms with E-state index in [1.807, 2.05) is 20.8 Å². The van der Waals surface area contributed by atoms with Crippen LogP contribution in [0.3, 0.4) is 0 Å². The highest BCUT2D eigenvalue weighted by molar-refractivity contribution is 7.89. The zero-order chi connectivity index (χ0) is 21.5. The van der Waals surface area contributed by atoms with Crippen molar-refractivity contribution in [3.05, 3.63) is 24.3 Å². The molecule has 0 fully saturated rings. The number of nitrogens with zero attached hydrogens (tertiary/aromatic N) is 1. The number of hydrogen-bond donors (Lipinski definition) is 3. The number of quaternary nitrogens is 1. The van der Waals surface area contributed by atoms with Gasteiger partial charge in [0.25, 0.3) is 11.8 Å². The molecule has 0 aromatic heterocycles. The van der Waals surface area contributed by atoms with E-state index in [4.69, 9.17) is 0 Å². The van der Waals surface area contributed by atoms with Gasteiger partial charge >= 0.3 is 0 Å². The first kappa shape index (κ1) is 24.1. The van der Waals surface area contributed by atoms with Crippen LogP contribution in [-0.2, 0) is 19.6 Å². The third-order valence-corrected chi connectivity index (χ3v) is 5.95. The Balaban J connectivity index is 2.74. The van der Waals surface area contributed by atoms with Crippen molar-refractivity contribution in [2.24, 2.45) is 0 Å². The van der Waals surface area contributed by atoms with Gasteiger partial charge in [0.05, 0.1) is 11.9 Å². The summed E-state index contributed by atoms with van der Waals surface area (Å²) in [5, 5.41) is 5.56. The predicted octanol–water partition coefficient (Wildman–Crippen LogP) is 0.0850. The summed E-state index contributed by atoms with van der Waals surface area (Å²) in [6, 6.07) is 6.20. The summed E-state index contributed by atoms with van der Waals surface area (Å²) in [4.78, 5) is 25.1. The van der Waals surface area contributed by atoms with Crippen molar-refractivity contribution in [1.82, 2.24) is 9.62 Å². The van der Waals surface area contributed by atoms with Crippen LogP contribution in [0.25, 0.3) is 0 Å². The van der Waals surface area contributed by atoms with E-state index in [0.29, 0.717) is 18.8 Å². The maximum atomic E-state index is 12.6. The van der Waals surface area contributed by atoms with Gasteiger partial charge in [-0.1, -0.05) is 19.9 Å². The van der Waals surface area contributed by atoms with Crippen molar-refractivity contribution >= 4 is 27.5 Å². The van der Waals surface area contributed by atoms with E-state index >= 15 is 0 Å². The second-order valence-electron chi connectivity index (χ2n) is 7.77. The molecule has 28 heavy (non-hydrogen) atoms. The summed E-state index contributed by atoms with van der Waals surface area (Å²) in [7, 11) is -1.84. The predicted molar refractivity (Wildman–Crippen MR) is 110 cm³/mol. The van der Waals surface area contributed by atoms with Gasteiger partial charge in [0.2, 0.25) is 10.0 Å². The molecular formula is C19H33N4O4S+. The van der Waals surface area contributed by atoms with Gasteiger partial charge in [0.15, 0.2) is 13.1 Å². The molecule has 1 atom stereocenters. The van der Waals surface area contributed by atoms with Crippen LogP contribution in [0.2, 0.25) is 0 Å². The Morgan fingerprint density at radius 3 is 2.18 bits per heavy atom. The van der Waals surface area contributed by atoms with Crippen LogP contribution in [0.15, 0.2) is 29.2 Å². The lowest BCUT2D eigenvalue weighted by Gasteiger charge is -2.21. The smallest absolute Gasteiger partial charge is 0.279 e. The maximum absolute atomic E-state index is 12.6. The second-order valence-corrected chi connectivity index (χ2v) is 9.71. The zero-order valence-electron chi connectivity index (χ0n) is 17.6. The Kier molecular flexibility index (Phi) is 8.59. The Bertz CT molecular complexity index is 783. The van der Waals surface area contributed by atoms with E-state index in [-0.39, 0.29) is 35.3 Å². The van der Waals surface area contributed by atoms with E-state index < -0.39 is 10.0 Å². The molecule has 0 spiro atoms. The quantitative estimate of drug-likeness (QED) is 0.534. The van der Waals surface area contributed by atoms with Crippen LogP contribution in [-0.4, -0.2) is 63.3 Å². The Hall–Kier alpha value is -1.97. The third kappa shape index (κ3) is 7.57. The van der Waals surface area contributed by atoms with Gasteiger partial charge in [-0.2, -0.15) is 4.31 Å². The number of rotatable bonds is 9. The van der Waals surface area contributed by atoms with Crippen LogP contribution in [0, 0.1) is 0 Å². The number of anilines is 1. The SMILES string of the molecule is CCN(CC)S(=O)(=O)c1cccc(NC(=O)C[NH+](C)CC(=O)NC(C)(C)C)c1. The summed E-state index contributed by atoms with van der Waals surface area (Å²) in [6.07, 6.45) is 0. The number of nitrogens with one attached hydrogen (secondary N) is 3. The van der Waals surface area contributed by atoms with Crippen molar-refractivity contribution < 1.29 is 22.9 Å². The molecule has 0 radical (unpaired) electrons. The minimum Gasteiger partial charge on any atom is -0.347 e.